The van der Waals surface area contributed by atoms with E-state index in [0.717, 1.165) is 31.2 Å². The molecule has 0 aromatic carbocycles. The summed E-state index contributed by atoms with van der Waals surface area (Å²) < 4.78 is 5.70. The summed E-state index contributed by atoms with van der Waals surface area (Å²) in [6.07, 6.45) is 6.33. The molecule has 0 amide bonds. The average Bonchev–Trinajstić information content (AvgIpc) is 2.73. The van der Waals surface area contributed by atoms with Crippen LogP contribution in [0, 0.1) is 0 Å². The van der Waals surface area contributed by atoms with Gasteiger partial charge < -0.3 is 9.84 Å². The Kier molecular flexibility index (Phi) is 4.00. The van der Waals surface area contributed by atoms with E-state index in [1.807, 2.05) is 16.8 Å². The second-order valence-electron chi connectivity index (χ2n) is 4.64. The minimum atomic E-state index is -0.471. The van der Waals surface area contributed by atoms with Gasteiger partial charge in [-0.25, -0.2) is 0 Å². The van der Waals surface area contributed by atoms with Crippen LogP contribution in [-0.2, 0) is 4.74 Å². The lowest BCUT2D eigenvalue weighted by atomic mass is 9.85. The molecule has 1 atom stereocenters. The fourth-order valence-electron chi connectivity index (χ4n) is 2.65. The van der Waals surface area contributed by atoms with Crippen LogP contribution in [0.4, 0.5) is 0 Å². The van der Waals surface area contributed by atoms with Crippen LogP contribution in [0.5, 0.6) is 0 Å². The van der Waals surface area contributed by atoms with Gasteiger partial charge in [-0.1, -0.05) is 25.7 Å². The number of thiophene rings is 1. The lowest BCUT2D eigenvalue weighted by Crippen LogP contribution is -2.38. The molecule has 2 rings (SSSR count). The zero-order chi connectivity index (χ0) is 11.4. The van der Waals surface area contributed by atoms with Gasteiger partial charge in [-0.2, -0.15) is 11.3 Å². The normalized spacial score (nSPS) is 22.6. The van der Waals surface area contributed by atoms with Crippen LogP contribution in [-0.4, -0.2) is 17.8 Å². The van der Waals surface area contributed by atoms with Crippen LogP contribution in [0.2, 0.25) is 0 Å². The van der Waals surface area contributed by atoms with E-state index in [9.17, 15) is 5.11 Å². The molecule has 1 aliphatic rings. The highest BCUT2D eigenvalue weighted by Gasteiger charge is 2.39. The fraction of sp³-hybridized carbons (Fsp3) is 0.692. The van der Waals surface area contributed by atoms with Gasteiger partial charge in [0.1, 0.15) is 6.10 Å². The van der Waals surface area contributed by atoms with Crippen molar-refractivity contribution in [1.29, 1.82) is 0 Å². The predicted molar refractivity (Wildman–Crippen MR) is 66.7 cm³/mol. The highest BCUT2D eigenvalue weighted by molar-refractivity contribution is 7.07. The Bertz CT molecular complexity index is 300. The summed E-state index contributed by atoms with van der Waals surface area (Å²) in [5, 5.41) is 14.5. The average molecular weight is 240 g/mol. The molecule has 2 nitrogen and oxygen atoms in total. The minimum Gasteiger partial charge on any atom is -0.385 e. The summed E-state index contributed by atoms with van der Waals surface area (Å²) in [6.45, 7) is 0. The Morgan fingerprint density at radius 1 is 1.31 bits per heavy atom. The first kappa shape index (κ1) is 12.1. The molecule has 90 valence electrons. The second-order valence-corrected chi connectivity index (χ2v) is 5.42. The van der Waals surface area contributed by atoms with Gasteiger partial charge in [-0.3, -0.25) is 0 Å². The van der Waals surface area contributed by atoms with Crippen LogP contribution in [0.1, 0.15) is 50.2 Å². The molecule has 1 aromatic rings. The van der Waals surface area contributed by atoms with E-state index in [1.165, 1.54) is 12.8 Å². The van der Waals surface area contributed by atoms with Crippen molar-refractivity contribution in [3.05, 3.63) is 22.4 Å². The topological polar surface area (TPSA) is 29.5 Å². The van der Waals surface area contributed by atoms with Crippen LogP contribution in [0.25, 0.3) is 0 Å². The smallest absolute Gasteiger partial charge is 0.109 e. The molecule has 1 aliphatic carbocycles. The maximum absolute atomic E-state index is 10.5. The molecule has 3 heteroatoms. The zero-order valence-electron chi connectivity index (χ0n) is 9.82. The maximum atomic E-state index is 10.5. The van der Waals surface area contributed by atoms with Gasteiger partial charge in [0, 0.05) is 7.11 Å². The van der Waals surface area contributed by atoms with Crippen molar-refractivity contribution in [1.82, 2.24) is 0 Å². The molecule has 1 unspecified atom stereocenters. The largest absolute Gasteiger partial charge is 0.385 e. The molecule has 1 saturated carbocycles. The van der Waals surface area contributed by atoms with Crippen molar-refractivity contribution in [2.75, 3.05) is 7.11 Å². The number of ether oxygens (including phenoxy) is 1. The first-order valence-electron chi connectivity index (χ1n) is 6.04. The van der Waals surface area contributed by atoms with Gasteiger partial charge in [-0.05, 0) is 35.2 Å². The lowest BCUT2D eigenvalue weighted by molar-refractivity contribution is -0.114. The summed E-state index contributed by atoms with van der Waals surface area (Å²) in [5.74, 6) is 0. The summed E-state index contributed by atoms with van der Waals surface area (Å²) in [7, 11) is 1.74. The molecular formula is C13H20O2S. The van der Waals surface area contributed by atoms with Gasteiger partial charge in [0.2, 0.25) is 0 Å². The number of methoxy groups -OCH3 is 1. The number of hydrogen-bond acceptors (Lipinski definition) is 3. The van der Waals surface area contributed by atoms with Crippen LogP contribution in [0.15, 0.2) is 16.8 Å². The van der Waals surface area contributed by atoms with Crippen molar-refractivity contribution >= 4 is 11.3 Å². The number of hydrogen-bond donors (Lipinski definition) is 1. The summed E-state index contributed by atoms with van der Waals surface area (Å²) in [6, 6.07) is 2.00. The highest BCUT2D eigenvalue weighted by Crippen LogP contribution is 2.40. The molecule has 16 heavy (non-hydrogen) atoms. The third kappa shape index (κ3) is 2.31. The monoisotopic (exact) mass is 240 g/mol. The van der Waals surface area contributed by atoms with Gasteiger partial charge in [0.05, 0.1) is 5.60 Å². The number of rotatable bonds is 3. The second kappa shape index (κ2) is 5.30. The maximum Gasteiger partial charge on any atom is 0.109 e. The third-order valence-corrected chi connectivity index (χ3v) is 4.42. The summed E-state index contributed by atoms with van der Waals surface area (Å²) in [5.41, 5.74) is 0.658. The molecule has 1 heterocycles. The zero-order valence-corrected chi connectivity index (χ0v) is 10.6. The molecule has 0 radical (unpaired) electrons. The number of aliphatic hydroxyl groups excluding tert-OH is 1. The third-order valence-electron chi connectivity index (χ3n) is 3.71. The Labute approximate surface area is 101 Å². The molecular weight excluding hydrogens is 220 g/mol. The molecule has 1 N–H and O–H groups in total. The van der Waals surface area contributed by atoms with Crippen LogP contribution >= 0.6 is 11.3 Å². The van der Waals surface area contributed by atoms with Crippen LogP contribution < -0.4 is 0 Å². The van der Waals surface area contributed by atoms with Crippen LogP contribution in [0.3, 0.4) is 0 Å². The quantitative estimate of drug-likeness (QED) is 0.819. The Morgan fingerprint density at radius 3 is 2.50 bits per heavy atom. The summed E-state index contributed by atoms with van der Waals surface area (Å²) in [4.78, 5) is 0. The van der Waals surface area contributed by atoms with E-state index in [2.05, 4.69) is 0 Å². The highest BCUT2D eigenvalue weighted by atomic mass is 32.1. The van der Waals surface area contributed by atoms with E-state index in [4.69, 9.17) is 4.74 Å². The van der Waals surface area contributed by atoms with E-state index in [1.54, 1.807) is 18.4 Å². The Balaban J connectivity index is 2.18. The van der Waals surface area contributed by atoms with E-state index >= 15 is 0 Å². The van der Waals surface area contributed by atoms with Gasteiger partial charge >= 0.3 is 0 Å². The van der Waals surface area contributed by atoms with Gasteiger partial charge in [0.25, 0.3) is 0 Å². The first-order valence-corrected chi connectivity index (χ1v) is 6.98. The molecule has 1 fully saturated rings. The van der Waals surface area contributed by atoms with Crippen molar-refractivity contribution in [3.63, 3.8) is 0 Å². The van der Waals surface area contributed by atoms with E-state index < -0.39 is 6.10 Å². The molecule has 0 aliphatic heterocycles. The van der Waals surface area contributed by atoms with E-state index in [-0.39, 0.29) is 5.60 Å². The van der Waals surface area contributed by atoms with Gasteiger partial charge in [-0.15, -0.1) is 0 Å². The Hall–Kier alpha value is -0.380. The summed E-state index contributed by atoms with van der Waals surface area (Å²) >= 11 is 1.63. The molecule has 0 saturated heterocycles. The molecule has 0 bridgehead atoms. The fourth-order valence-corrected chi connectivity index (χ4v) is 3.33. The van der Waals surface area contributed by atoms with Crippen molar-refractivity contribution in [2.45, 2.75) is 50.2 Å². The predicted octanol–water partition coefficient (Wildman–Crippen LogP) is 3.52. The Morgan fingerprint density at radius 2 is 2.00 bits per heavy atom. The van der Waals surface area contributed by atoms with Crippen molar-refractivity contribution in [2.24, 2.45) is 0 Å². The van der Waals surface area contributed by atoms with Gasteiger partial charge in [0.15, 0.2) is 0 Å². The van der Waals surface area contributed by atoms with E-state index in [0.29, 0.717) is 0 Å². The van der Waals surface area contributed by atoms with Crippen molar-refractivity contribution < 1.29 is 9.84 Å². The molecule has 0 spiro atoms. The minimum absolute atomic E-state index is 0.350. The first-order chi connectivity index (χ1) is 7.78. The number of aliphatic hydroxyl groups is 1. The lowest BCUT2D eigenvalue weighted by Gasteiger charge is -2.36. The standard InChI is InChI=1S/C13H20O2S/c1-15-13(7-4-2-3-5-8-13)12(14)11-6-9-16-10-11/h6,9-10,12,14H,2-5,7-8H2,1H3. The SMILES string of the molecule is COC1(C(O)c2ccsc2)CCCCCC1. The molecule has 1 aromatic heterocycles. The van der Waals surface area contributed by atoms with Crippen molar-refractivity contribution in [3.8, 4) is 0 Å².